The molecule has 2 aromatic rings. The Balaban J connectivity index is 1.48. The molecular weight excluding hydrogens is 442 g/mol. The van der Waals surface area contributed by atoms with Crippen molar-refractivity contribution in [3.8, 4) is 0 Å². The second kappa shape index (κ2) is 8.90. The minimum Gasteiger partial charge on any atom is -0.845 e. The van der Waals surface area contributed by atoms with Gasteiger partial charge in [-0.2, -0.15) is 8.42 Å². The number of aromatic nitrogens is 2. The molecule has 0 unspecified atom stereocenters. The molecule has 1 N–H and O–H groups in total. The zero-order chi connectivity index (χ0) is 23.0. The standard InChI is InChI=1S/C23H29N5O4S/c1-15-24-13-19(14-25-15)28(18-8-10-32-11-9-18)33(30,31)27-23(29)26-22-20-6-2-4-16(20)12-17-5-3-7-21(17)22/h12-14,18H,2-11H2,1H3,(H2,26,27,29)/p-1. The van der Waals surface area contributed by atoms with Gasteiger partial charge in [0.15, 0.2) is 0 Å². The van der Waals surface area contributed by atoms with Crippen LogP contribution < -0.4 is 14.7 Å². The molecule has 33 heavy (non-hydrogen) atoms. The van der Waals surface area contributed by atoms with Gasteiger partial charge in [0, 0.05) is 18.9 Å². The van der Waals surface area contributed by atoms with E-state index >= 15 is 0 Å². The molecule has 2 aliphatic carbocycles. The van der Waals surface area contributed by atoms with E-state index in [2.05, 4.69) is 25.7 Å². The smallest absolute Gasteiger partial charge is 0.345 e. The Labute approximate surface area is 194 Å². The number of fused-ring (bicyclic) bond motifs is 2. The lowest BCUT2D eigenvalue weighted by Gasteiger charge is -2.33. The molecule has 3 aliphatic rings. The van der Waals surface area contributed by atoms with E-state index in [9.17, 15) is 13.5 Å². The van der Waals surface area contributed by atoms with Crippen molar-refractivity contribution >= 4 is 27.6 Å². The van der Waals surface area contributed by atoms with Gasteiger partial charge in [0.1, 0.15) is 5.82 Å². The van der Waals surface area contributed by atoms with Gasteiger partial charge in [-0.1, -0.05) is 6.07 Å². The summed E-state index contributed by atoms with van der Waals surface area (Å²) in [5.74, 6) is 0.532. The highest BCUT2D eigenvalue weighted by Gasteiger charge is 2.32. The van der Waals surface area contributed by atoms with Crippen LogP contribution in [0.15, 0.2) is 22.9 Å². The highest BCUT2D eigenvalue weighted by atomic mass is 32.2. The number of nitrogens with one attached hydrogen (secondary N) is 1. The third-order valence-electron chi connectivity index (χ3n) is 6.70. The maximum atomic E-state index is 13.4. The predicted octanol–water partition coefficient (Wildman–Crippen LogP) is 1.82. The second-order valence-electron chi connectivity index (χ2n) is 8.86. The van der Waals surface area contributed by atoms with Gasteiger partial charge in [0.2, 0.25) is 0 Å². The van der Waals surface area contributed by atoms with E-state index in [0.717, 1.165) is 55.3 Å². The molecule has 0 radical (unpaired) electrons. The number of rotatable bonds is 5. The number of hydrogen-bond acceptors (Lipinski definition) is 6. The highest BCUT2D eigenvalue weighted by Crippen LogP contribution is 2.38. The van der Waals surface area contributed by atoms with Crippen molar-refractivity contribution < 1.29 is 18.3 Å². The molecule has 0 amide bonds. The lowest BCUT2D eigenvalue weighted by Crippen LogP contribution is -2.44. The van der Waals surface area contributed by atoms with E-state index in [-0.39, 0.29) is 6.04 Å². The van der Waals surface area contributed by atoms with Crippen LogP contribution in [0.5, 0.6) is 0 Å². The number of ether oxygens (including phenoxy) is 1. The fourth-order valence-corrected chi connectivity index (χ4v) is 6.49. The molecule has 5 rings (SSSR count). The predicted molar refractivity (Wildman–Crippen MR) is 124 cm³/mol. The average molecular weight is 471 g/mol. The number of anilines is 2. The summed E-state index contributed by atoms with van der Waals surface area (Å²) in [7, 11) is -4.32. The summed E-state index contributed by atoms with van der Waals surface area (Å²) in [4.78, 5) is 8.29. The van der Waals surface area contributed by atoms with Crippen molar-refractivity contribution in [2.75, 3.05) is 22.8 Å². The van der Waals surface area contributed by atoms with Crippen molar-refractivity contribution in [3.63, 3.8) is 0 Å². The van der Waals surface area contributed by atoms with Gasteiger partial charge in [0.05, 0.1) is 30.1 Å². The SMILES string of the molecule is Cc1ncc(N(C2CCOCC2)S(=O)(=O)/N=C(\[O-])Nc2c3c(cc4c2CCC4)CCC3)cn1. The third kappa shape index (κ3) is 4.41. The minimum atomic E-state index is -4.32. The van der Waals surface area contributed by atoms with Gasteiger partial charge in [-0.15, -0.1) is 4.40 Å². The van der Waals surface area contributed by atoms with Gasteiger partial charge in [-0.05, 0) is 80.5 Å². The molecule has 1 saturated heterocycles. The maximum absolute atomic E-state index is 13.4. The van der Waals surface area contributed by atoms with Crippen LogP contribution in [-0.4, -0.2) is 43.7 Å². The molecule has 0 atom stereocenters. The van der Waals surface area contributed by atoms with Crippen LogP contribution >= 0.6 is 0 Å². The number of hydrogen-bond donors (Lipinski definition) is 1. The number of amidine groups is 1. The first-order valence-corrected chi connectivity index (χ1v) is 12.9. The Bertz CT molecular complexity index is 1140. The fourth-order valence-electron chi connectivity index (χ4n) is 5.20. The van der Waals surface area contributed by atoms with E-state index in [1.165, 1.54) is 27.8 Å². The summed E-state index contributed by atoms with van der Waals surface area (Å²) >= 11 is 0. The van der Waals surface area contributed by atoms with Crippen molar-refractivity contribution in [1.29, 1.82) is 0 Å². The van der Waals surface area contributed by atoms with Crippen LogP contribution in [-0.2, 0) is 40.6 Å². The molecule has 1 aromatic carbocycles. The molecule has 9 nitrogen and oxygen atoms in total. The Morgan fingerprint density at radius 1 is 1.09 bits per heavy atom. The van der Waals surface area contributed by atoms with Crippen LogP contribution in [0.3, 0.4) is 0 Å². The summed E-state index contributed by atoms with van der Waals surface area (Å²) < 4.78 is 37.0. The van der Waals surface area contributed by atoms with E-state index < -0.39 is 16.2 Å². The molecular formula is C23H28N5O4S-. The monoisotopic (exact) mass is 470 g/mol. The molecule has 1 aromatic heterocycles. The second-order valence-corrected chi connectivity index (χ2v) is 10.3. The maximum Gasteiger partial charge on any atom is 0.345 e. The number of aryl methyl sites for hydroxylation is 3. The largest absolute Gasteiger partial charge is 0.845 e. The van der Waals surface area contributed by atoms with E-state index in [0.29, 0.717) is 37.6 Å². The van der Waals surface area contributed by atoms with Crippen molar-refractivity contribution in [2.45, 2.75) is 64.3 Å². The number of benzene rings is 1. The van der Waals surface area contributed by atoms with Gasteiger partial charge >= 0.3 is 10.2 Å². The Hall–Kier alpha value is -2.72. The molecule has 0 spiro atoms. The molecule has 0 bridgehead atoms. The first kappa shape index (κ1) is 22.1. The van der Waals surface area contributed by atoms with Crippen LogP contribution in [0.4, 0.5) is 11.4 Å². The molecule has 0 saturated carbocycles. The summed E-state index contributed by atoms with van der Waals surface area (Å²) in [5, 5.41) is 15.8. The van der Waals surface area contributed by atoms with Gasteiger partial charge in [-0.25, -0.2) is 14.3 Å². The quantitative estimate of drug-likeness (QED) is 0.523. The van der Waals surface area contributed by atoms with E-state index in [4.69, 9.17) is 4.74 Å². The van der Waals surface area contributed by atoms with Gasteiger partial charge in [0.25, 0.3) is 0 Å². The van der Waals surface area contributed by atoms with Crippen LogP contribution in [0.1, 0.15) is 53.8 Å². The minimum absolute atomic E-state index is 0.297. The lowest BCUT2D eigenvalue weighted by atomic mass is 9.99. The fraction of sp³-hybridized carbons (Fsp3) is 0.522. The molecule has 10 heteroatoms. The Morgan fingerprint density at radius 3 is 2.30 bits per heavy atom. The summed E-state index contributed by atoms with van der Waals surface area (Å²) in [6.45, 7) is 2.61. The first-order chi connectivity index (χ1) is 15.9. The zero-order valence-corrected chi connectivity index (χ0v) is 19.5. The molecule has 1 fully saturated rings. The summed E-state index contributed by atoms with van der Waals surface area (Å²) in [6.07, 6.45) is 9.77. The first-order valence-electron chi connectivity index (χ1n) is 11.5. The number of nitrogens with zero attached hydrogens (tertiary/aromatic N) is 4. The van der Waals surface area contributed by atoms with Crippen molar-refractivity contribution in [2.24, 2.45) is 4.40 Å². The Morgan fingerprint density at radius 2 is 1.70 bits per heavy atom. The van der Waals surface area contributed by atoms with Crippen molar-refractivity contribution in [3.05, 3.63) is 46.5 Å². The van der Waals surface area contributed by atoms with Crippen LogP contribution in [0.25, 0.3) is 0 Å². The molecule has 2 heterocycles. The normalized spacial score (nSPS) is 18.8. The summed E-state index contributed by atoms with van der Waals surface area (Å²) in [5.41, 5.74) is 5.85. The van der Waals surface area contributed by atoms with Crippen LogP contribution in [0.2, 0.25) is 0 Å². The van der Waals surface area contributed by atoms with Gasteiger partial charge < -0.3 is 15.2 Å². The zero-order valence-electron chi connectivity index (χ0n) is 18.7. The average Bonchev–Trinajstić information content (AvgIpc) is 3.45. The molecule has 1 aliphatic heterocycles. The summed E-state index contributed by atoms with van der Waals surface area (Å²) in [6, 6.07) is 1.02. The van der Waals surface area contributed by atoms with E-state index in [1.54, 1.807) is 6.92 Å². The Kier molecular flexibility index (Phi) is 5.96. The van der Waals surface area contributed by atoms with Crippen molar-refractivity contribution in [1.82, 2.24) is 9.97 Å². The van der Waals surface area contributed by atoms with Gasteiger partial charge in [-0.3, -0.25) is 0 Å². The van der Waals surface area contributed by atoms with Crippen LogP contribution in [0, 0.1) is 6.92 Å². The molecule has 176 valence electrons. The lowest BCUT2D eigenvalue weighted by molar-refractivity contribution is -0.213. The highest BCUT2D eigenvalue weighted by molar-refractivity contribution is 7.91. The third-order valence-corrected chi connectivity index (χ3v) is 8.10. The topological polar surface area (TPSA) is 120 Å². The van der Waals surface area contributed by atoms with E-state index in [1.807, 2.05) is 0 Å².